The van der Waals surface area contributed by atoms with E-state index in [4.69, 9.17) is 10.4 Å². The first-order chi connectivity index (χ1) is 31.9. The molecule has 10 heteroatoms. The van der Waals surface area contributed by atoms with Crippen molar-refractivity contribution < 1.29 is 26.3 Å². The fraction of sp³-hybridized carbons (Fsp3) is 0.0357. The van der Waals surface area contributed by atoms with Gasteiger partial charge in [-0.25, -0.2) is 0 Å². The molecule has 9 aromatic carbocycles. The van der Waals surface area contributed by atoms with Crippen LogP contribution < -0.4 is 0 Å². The number of aliphatic imine (C=N–C) groups is 1. The highest BCUT2D eigenvalue weighted by Crippen LogP contribution is 2.40. The molecule has 1 N–H and O–H groups in total. The second-order valence-electron chi connectivity index (χ2n) is 16.2. The fourth-order valence-electron chi connectivity index (χ4n) is 9.14. The molecule has 0 aliphatic heterocycles. The van der Waals surface area contributed by atoms with Gasteiger partial charge in [0, 0.05) is 55.6 Å². The average Bonchev–Trinajstić information content (AvgIpc) is 3.85. The van der Waals surface area contributed by atoms with Gasteiger partial charge in [-0.3, -0.25) is 10.4 Å². The molecule has 2 aromatic heterocycles. The Bertz CT molecular complexity index is 3710. The zero-order chi connectivity index (χ0) is 45.3. The van der Waals surface area contributed by atoms with Crippen molar-refractivity contribution in [1.29, 1.82) is 5.41 Å². The van der Waals surface area contributed by atoms with Crippen molar-refractivity contribution in [2.45, 2.75) is 12.4 Å². The molecule has 0 saturated heterocycles. The molecule has 11 rings (SSSR count). The molecule has 0 fully saturated rings. The van der Waals surface area contributed by atoms with Crippen LogP contribution in [0.25, 0.3) is 76.9 Å². The molecule has 2 heterocycles. The van der Waals surface area contributed by atoms with Gasteiger partial charge in [-0.05, 0) is 101 Å². The van der Waals surface area contributed by atoms with Crippen molar-refractivity contribution in [2.24, 2.45) is 4.99 Å². The number of alkyl halides is 6. The molecule has 320 valence electrons. The molecule has 0 aliphatic carbocycles. The van der Waals surface area contributed by atoms with Crippen molar-refractivity contribution in [1.82, 2.24) is 9.13 Å². The number of hydrogen-bond donors (Lipinski definition) is 1. The molecule has 0 unspecified atom stereocenters. The maximum absolute atomic E-state index is 13.8. The van der Waals surface area contributed by atoms with Gasteiger partial charge in [0.2, 0.25) is 0 Å². The first-order valence-corrected chi connectivity index (χ1v) is 21.1. The Morgan fingerprint density at radius 1 is 0.439 bits per heavy atom. The number of halogens is 6. The summed E-state index contributed by atoms with van der Waals surface area (Å²) in [5, 5.41) is 14.8. The van der Waals surface area contributed by atoms with Crippen LogP contribution >= 0.6 is 0 Å². The van der Waals surface area contributed by atoms with Gasteiger partial charge < -0.3 is 9.13 Å². The molecule has 0 bridgehead atoms. The van der Waals surface area contributed by atoms with E-state index in [1.165, 1.54) is 11.5 Å². The molecule has 0 atom stereocenters. The predicted octanol–water partition coefficient (Wildman–Crippen LogP) is 15.9. The highest BCUT2D eigenvalue weighted by Gasteiger charge is 2.37. The number of nitrogens with zero attached hydrogens (tertiary/aromatic N) is 3. The van der Waals surface area contributed by atoms with E-state index in [1.807, 2.05) is 66.7 Å². The van der Waals surface area contributed by atoms with Gasteiger partial charge in [-0.1, -0.05) is 115 Å². The summed E-state index contributed by atoms with van der Waals surface area (Å²) in [6.45, 7) is 0. The minimum Gasteiger partial charge on any atom is -0.309 e. The lowest BCUT2D eigenvalue weighted by Gasteiger charge is -2.16. The normalized spacial score (nSPS) is 12.4. The van der Waals surface area contributed by atoms with E-state index in [0.29, 0.717) is 23.1 Å². The number of nitrogens with one attached hydrogen (secondary N) is 1. The Morgan fingerprint density at radius 3 is 1.65 bits per heavy atom. The lowest BCUT2D eigenvalue weighted by molar-refractivity contribution is -0.143. The van der Waals surface area contributed by atoms with Crippen LogP contribution in [0.4, 0.5) is 32.0 Å². The van der Waals surface area contributed by atoms with Gasteiger partial charge in [0.15, 0.2) is 0 Å². The monoisotopic (exact) mass is 876 g/mol. The van der Waals surface area contributed by atoms with Gasteiger partial charge in [0.05, 0.1) is 44.6 Å². The topological polar surface area (TPSA) is 46.1 Å². The van der Waals surface area contributed by atoms with E-state index in [9.17, 15) is 26.3 Å². The fourth-order valence-corrected chi connectivity index (χ4v) is 9.14. The predicted molar refractivity (Wildman–Crippen MR) is 254 cm³/mol. The molecule has 0 radical (unpaired) electrons. The zero-order valence-electron chi connectivity index (χ0n) is 34.7. The Balaban J connectivity index is 0.977. The number of benzene rings is 9. The number of rotatable bonds is 7. The smallest absolute Gasteiger partial charge is 0.309 e. The molecule has 0 spiro atoms. The van der Waals surface area contributed by atoms with E-state index in [0.717, 1.165) is 66.1 Å². The third-order valence-electron chi connectivity index (χ3n) is 12.2. The number of fused-ring (bicyclic) bond motifs is 7. The summed E-state index contributed by atoms with van der Waals surface area (Å²) in [6, 6.07) is 59.5. The molecule has 0 amide bonds. The minimum absolute atomic E-state index is 0.0606. The van der Waals surface area contributed by atoms with Gasteiger partial charge in [-0.15, -0.1) is 0 Å². The van der Waals surface area contributed by atoms with Crippen molar-refractivity contribution >= 4 is 72.0 Å². The standard InChI is InChI=1S/C56H34F6N4/c57-55(58,59)39-28-38(29-40(32-39)56(60,61)62)53(63)47-26-20-35-10-4-5-13-43(35)54(47)64-33-34-18-23-42(24-19-34)66-49-16-8-6-14-44(49)46-25-21-37(31-52(46)66)36-22-27-51-48(30-36)45-15-7-9-17-50(45)65(51)41-11-2-1-3-12-41/h1-33,63H. The van der Waals surface area contributed by atoms with E-state index in [-0.39, 0.29) is 17.3 Å². The Hall–Kier alpha value is -8.24. The van der Waals surface area contributed by atoms with Gasteiger partial charge >= 0.3 is 12.4 Å². The summed E-state index contributed by atoms with van der Waals surface area (Å²) in [5.41, 5.74) is 5.40. The minimum atomic E-state index is -5.06. The molecule has 0 aliphatic rings. The quantitative estimate of drug-likeness (QED) is 0.122. The van der Waals surface area contributed by atoms with Crippen LogP contribution in [0.5, 0.6) is 0 Å². The lowest BCUT2D eigenvalue weighted by atomic mass is 9.94. The van der Waals surface area contributed by atoms with E-state index >= 15 is 0 Å². The van der Waals surface area contributed by atoms with Crippen LogP contribution in [0.2, 0.25) is 0 Å². The maximum atomic E-state index is 13.8. The second kappa shape index (κ2) is 15.5. The summed E-state index contributed by atoms with van der Waals surface area (Å²) < 4.78 is 87.5. The molecule has 0 saturated carbocycles. The molecule has 11 aromatic rings. The lowest BCUT2D eigenvalue weighted by Crippen LogP contribution is -2.14. The van der Waals surface area contributed by atoms with Crippen molar-refractivity contribution in [3.8, 4) is 22.5 Å². The van der Waals surface area contributed by atoms with Gasteiger partial charge in [-0.2, -0.15) is 26.3 Å². The summed E-state index contributed by atoms with van der Waals surface area (Å²) in [5.74, 6) is 0. The highest BCUT2D eigenvalue weighted by atomic mass is 19.4. The largest absolute Gasteiger partial charge is 0.416 e. The van der Waals surface area contributed by atoms with Crippen molar-refractivity contribution in [3.63, 3.8) is 0 Å². The number of aromatic nitrogens is 2. The van der Waals surface area contributed by atoms with E-state index in [2.05, 4.69) is 94.1 Å². The molecular weight excluding hydrogens is 843 g/mol. The van der Waals surface area contributed by atoms with Crippen LogP contribution in [0.15, 0.2) is 199 Å². The third-order valence-corrected chi connectivity index (χ3v) is 12.2. The zero-order valence-corrected chi connectivity index (χ0v) is 34.7. The van der Waals surface area contributed by atoms with Crippen LogP contribution in [-0.4, -0.2) is 21.1 Å². The van der Waals surface area contributed by atoms with E-state index < -0.39 is 34.8 Å². The van der Waals surface area contributed by atoms with Crippen molar-refractivity contribution in [2.75, 3.05) is 0 Å². The Labute approximate surface area is 373 Å². The van der Waals surface area contributed by atoms with Crippen LogP contribution in [0.3, 0.4) is 0 Å². The third kappa shape index (κ3) is 6.98. The Morgan fingerprint density at radius 2 is 0.970 bits per heavy atom. The summed E-state index contributed by atoms with van der Waals surface area (Å²) in [7, 11) is 0. The van der Waals surface area contributed by atoms with Gasteiger partial charge in [0.25, 0.3) is 0 Å². The molecule has 66 heavy (non-hydrogen) atoms. The number of para-hydroxylation sites is 3. The summed E-state index contributed by atoms with van der Waals surface area (Å²) >= 11 is 0. The SMILES string of the molecule is N=C(c1cc(C(F)(F)F)cc(C(F)(F)F)c1)c1ccc2ccccc2c1N=Cc1ccc(-n2c3ccccc3c3ccc(-c4ccc5c(c4)c4ccccc4n5-c4ccccc4)cc32)cc1. The Kier molecular flexibility index (Phi) is 9.51. The highest BCUT2D eigenvalue weighted by molar-refractivity contribution is 6.18. The molecular formula is C56H34F6N4. The average molecular weight is 877 g/mol. The van der Waals surface area contributed by atoms with Crippen LogP contribution in [-0.2, 0) is 12.4 Å². The number of hydrogen-bond acceptors (Lipinski definition) is 2. The summed E-state index contributed by atoms with van der Waals surface area (Å²) in [4.78, 5) is 4.77. The van der Waals surface area contributed by atoms with Crippen LogP contribution in [0.1, 0.15) is 27.8 Å². The molecule has 4 nitrogen and oxygen atoms in total. The van der Waals surface area contributed by atoms with Crippen molar-refractivity contribution in [3.05, 3.63) is 222 Å². The van der Waals surface area contributed by atoms with Crippen LogP contribution in [0, 0.1) is 5.41 Å². The second-order valence-corrected chi connectivity index (χ2v) is 16.2. The maximum Gasteiger partial charge on any atom is 0.416 e. The first-order valence-electron chi connectivity index (χ1n) is 21.1. The first kappa shape index (κ1) is 40.5. The summed E-state index contributed by atoms with van der Waals surface area (Å²) in [6.07, 6.45) is -8.53. The van der Waals surface area contributed by atoms with E-state index in [1.54, 1.807) is 24.4 Å². The van der Waals surface area contributed by atoms with Gasteiger partial charge in [0.1, 0.15) is 0 Å².